The van der Waals surface area contributed by atoms with E-state index >= 15 is 0 Å². The summed E-state index contributed by atoms with van der Waals surface area (Å²) >= 11 is 0. The zero-order valence-electron chi connectivity index (χ0n) is 11.8. The number of fused-ring (bicyclic) bond motifs is 2. The number of nitrogens with two attached hydrogens (primary N) is 1. The van der Waals surface area contributed by atoms with Gasteiger partial charge in [0.1, 0.15) is 5.56 Å². The van der Waals surface area contributed by atoms with Crippen molar-refractivity contribution in [3.05, 3.63) is 62.7 Å². The largest absolute Gasteiger partial charge is 0.511 e. The van der Waals surface area contributed by atoms with Gasteiger partial charge < -0.3 is 15.6 Å². The van der Waals surface area contributed by atoms with Gasteiger partial charge in [-0.1, -0.05) is 24.3 Å². The molecule has 1 aliphatic carbocycles. The molecule has 0 aromatic heterocycles. The van der Waals surface area contributed by atoms with Gasteiger partial charge in [0.2, 0.25) is 11.5 Å². The Kier molecular flexibility index (Phi) is 3.26. The summed E-state index contributed by atoms with van der Waals surface area (Å²) in [6.45, 7) is 0. The molecule has 1 aliphatic rings. The number of hydrogen-bond donors (Lipinski definition) is 2. The van der Waals surface area contributed by atoms with Gasteiger partial charge in [0, 0.05) is 22.9 Å². The third-order valence-electron chi connectivity index (χ3n) is 3.55. The van der Waals surface area contributed by atoms with Crippen LogP contribution in [-0.4, -0.2) is 27.8 Å². The maximum absolute atomic E-state index is 12.7. The number of anilines is 1. The molecule has 24 heavy (non-hydrogen) atoms. The van der Waals surface area contributed by atoms with Crippen LogP contribution in [0.1, 0.15) is 31.8 Å². The Balaban J connectivity index is 2.39. The molecule has 2 aromatic carbocycles. The van der Waals surface area contributed by atoms with E-state index in [4.69, 9.17) is 10.8 Å². The summed E-state index contributed by atoms with van der Waals surface area (Å²) in [6.07, 6.45) is -1.81. The molecular weight excluding hydrogens is 320 g/mol. The van der Waals surface area contributed by atoms with Gasteiger partial charge in [-0.3, -0.25) is 19.7 Å². The minimum atomic E-state index is -1.81. The summed E-state index contributed by atoms with van der Waals surface area (Å²) in [7, 11) is 0. The van der Waals surface area contributed by atoms with Crippen molar-refractivity contribution in [2.24, 2.45) is 0 Å². The van der Waals surface area contributed by atoms with Crippen molar-refractivity contribution in [2.75, 3.05) is 5.73 Å². The average Bonchev–Trinajstić information content (AvgIpc) is 2.51. The van der Waals surface area contributed by atoms with E-state index in [0.717, 1.165) is 6.07 Å². The molecule has 3 rings (SSSR count). The zero-order chi connectivity index (χ0) is 17.6. The fraction of sp³-hybridized carbons (Fsp3) is 0. The minimum absolute atomic E-state index is 0.0232. The van der Waals surface area contributed by atoms with Gasteiger partial charge in [0.15, 0.2) is 5.78 Å². The van der Waals surface area contributed by atoms with Gasteiger partial charge in [-0.25, -0.2) is 4.79 Å². The second kappa shape index (κ2) is 5.16. The van der Waals surface area contributed by atoms with Crippen LogP contribution >= 0.6 is 0 Å². The Morgan fingerprint density at radius 1 is 1.12 bits per heavy atom. The van der Waals surface area contributed by atoms with E-state index in [9.17, 15) is 24.5 Å². The number of ether oxygens (including phenoxy) is 1. The molecule has 0 saturated heterocycles. The van der Waals surface area contributed by atoms with E-state index in [-0.39, 0.29) is 22.4 Å². The quantitative estimate of drug-likeness (QED) is 0.238. The standard InChI is InChI=1S/C15H8N2O7/c16-8-5-9(24-15(20)21)12(17(22)23)11-10(8)13(18)6-3-1-2-4-7(6)14(11)19/h1-5H,16H2,(H,20,21). The molecule has 3 N–H and O–H groups in total. The van der Waals surface area contributed by atoms with Crippen LogP contribution in [0, 0.1) is 10.1 Å². The molecule has 0 fully saturated rings. The number of rotatable bonds is 2. The van der Waals surface area contributed by atoms with E-state index in [1.165, 1.54) is 18.2 Å². The Labute approximate surface area is 133 Å². The second-order valence-electron chi connectivity index (χ2n) is 4.89. The molecule has 0 aliphatic heterocycles. The first-order chi connectivity index (χ1) is 11.3. The number of hydrogen-bond acceptors (Lipinski definition) is 7. The lowest BCUT2D eigenvalue weighted by atomic mass is 9.82. The highest BCUT2D eigenvalue weighted by atomic mass is 16.7. The Morgan fingerprint density at radius 2 is 1.67 bits per heavy atom. The van der Waals surface area contributed by atoms with Crippen LogP contribution in [0.25, 0.3) is 0 Å². The molecule has 0 amide bonds. The van der Waals surface area contributed by atoms with Crippen LogP contribution in [-0.2, 0) is 0 Å². The third-order valence-corrected chi connectivity index (χ3v) is 3.55. The molecule has 0 heterocycles. The van der Waals surface area contributed by atoms with Gasteiger partial charge in [0.05, 0.1) is 10.5 Å². The average molecular weight is 328 g/mol. The fourth-order valence-corrected chi connectivity index (χ4v) is 2.63. The molecule has 0 spiro atoms. The van der Waals surface area contributed by atoms with Crippen LogP contribution < -0.4 is 10.5 Å². The Bertz CT molecular complexity index is 949. The molecular formula is C15H8N2O7. The monoisotopic (exact) mass is 328 g/mol. The van der Waals surface area contributed by atoms with E-state index in [2.05, 4.69) is 4.74 Å². The number of nitro groups is 1. The van der Waals surface area contributed by atoms with Crippen molar-refractivity contribution in [1.29, 1.82) is 0 Å². The molecule has 120 valence electrons. The number of ketones is 2. The molecule has 0 atom stereocenters. The number of nitrogen functional groups attached to an aromatic ring is 1. The molecule has 9 heteroatoms. The van der Waals surface area contributed by atoms with Crippen molar-refractivity contribution >= 4 is 29.1 Å². The fourth-order valence-electron chi connectivity index (χ4n) is 2.63. The molecule has 0 bridgehead atoms. The van der Waals surface area contributed by atoms with Gasteiger partial charge in [0.25, 0.3) is 0 Å². The predicted octanol–water partition coefficient (Wildman–Crippen LogP) is 2.01. The molecule has 9 nitrogen and oxygen atoms in total. The number of carbonyl (C=O) groups is 3. The van der Waals surface area contributed by atoms with Gasteiger partial charge in [-0.15, -0.1) is 0 Å². The third kappa shape index (κ3) is 2.07. The lowest BCUT2D eigenvalue weighted by Crippen LogP contribution is -2.24. The van der Waals surface area contributed by atoms with Crippen LogP contribution in [0.3, 0.4) is 0 Å². The summed E-state index contributed by atoms with van der Waals surface area (Å²) < 4.78 is 4.36. The van der Waals surface area contributed by atoms with Crippen molar-refractivity contribution < 1.29 is 29.2 Å². The van der Waals surface area contributed by atoms with Gasteiger partial charge >= 0.3 is 11.8 Å². The van der Waals surface area contributed by atoms with E-state index in [0.29, 0.717) is 0 Å². The highest BCUT2D eigenvalue weighted by Crippen LogP contribution is 2.42. The van der Waals surface area contributed by atoms with Crippen molar-refractivity contribution in [1.82, 2.24) is 0 Å². The van der Waals surface area contributed by atoms with E-state index in [1.54, 1.807) is 6.07 Å². The number of nitro benzene ring substituents is 1. The smallest absolute Gasteiger partial charge is 0.449 e. The van der Waals surface area contributed by atoms with Crippen LogP contribution in [0.4, 0.5) is 16.2 Å². The lowest BCUT2D eigenvalue weighted by Gasteiger charge is -2.19. The number of carbonyl (C=O) groups excluding carboxylic acids is 2. The minimum Gasteiger partial charge on any atom is -0.449 e. The lowest BCUT2D eigenvalue weighted by molar-refractivity contribution is -0.385. The molecule has 0 unspecified atom stereocenters. The van der Waals surface area contributed by atoms with Crippen LogP contribution in [0.15, 0.2) is 30.3 Å². The maximum atomic E-state index is 12.7. The Morgan fingerprint density at radius 3 is 2.17 bits per heavy atom. The van der Waals surface area contributed by atoms with Crippen molar-refractivity contribution in [3.63, 3.8) is 0 Å². The van der Waals surface area contributed by atoms with E-state index in [1.807, 2.05) is 0 Å². The first-order valence-electron chi connectivity index (χ1n) is 6.53. The van der Waals surface area contributed by atoms with Crippen molar-refractivity contribution in [3.8, 4) is 5.75 Å². The summed E-state index contributed by atoms with van der Waals surface area (Å²) in [5, 5.41) is 20.1. The number of carboxylic acid groups (broad SMARTS) is 1. The second-order valence-corrected chi connectivity index (χ2v) is 4.89. The first kappa shape index (κ1) is 15.2. The zero-order valence-corrected chi connectivity index (χ0v) is 11.8. The SMILES string of the molecule is Nc1cc(OC(=O)O)c([N+](=O)[O-])c2c1C(=O)c1ccccc1C2=O. The van der Waals surface area contributed by atoms with Crippen LogP contribution in [0.5, 0.6) is 5.75 Å². The highest BCUT2D eigenvalue weighted by molar-refractivity contribution is 6.31. The Hall–Kier alpha value is -3.75. The van der Waals surface area contributed by atoms with E-state index < -0.39 is 39.6 Å². The van der Waals surface area contributed by atoms with Crippen LogP contribution in [0.2, 0.25) is 0 Å². The normalized spacial score (nSPS) is 12.3. The first-order valence-corrected chi connectivity index (χ1v) is 6.53. The van der Waals surface area contributed by atoms with Gasteiger partial charge in [-0.2, -0.15) is 0 Å². The summed E-state index contributed by atoms with van der Waals surface area (Å²) in [5.74, 6) is -2.17. The molecule has 0 radical (unpaired) electrons. The topological polar surface area (TPSA) is 150 Å². The summed E-state index contributed by atoms with van der Waals surface area (Å²) in [5.41, 5.74) is 3.69. The van der Waals surface area contributed by atoms with Crippen molar-refractivity contribution in [2.45, 2.75) is 0 Å². The molecule has 0 saturated carbocycles. The summed E-state index contributed by atoms with van der Waals surface area (Å²) in [4.78, 5) is 46.4. The highest BCUT2D eigenvalue weighted by Gasteiger charge is 2.40. The maximum Gasteiger partial charge on any atom is 0.511 e. The number of nitrogens with zero attached hydrogens (tertiary/aromatic N) is 1. The number of benzene rings is 2. The predicted molar refractivity (Wildman–Crippen MR) is 79.5 cm³/mol. The molecule has 2 aromatic rings. The van der Waals surface area contributed by atoms with Gasteiger partial charge in [-0.05, 0) is 0 Å². The summed E-state index contributed by atoms with van der Waals surface area (Å²) in [6, 6.07) is 6.65.